The molecule has 2 nitrogen and oxygen atoms in total. The molecular formula is C7H7NOS. The van der Waals surface area contributed by atoms with E-state index in [0.29, 0.717) is 11.3 Å². The molecule has 3 heteroatoms. The fourth-order valence-corrected chi connectivity index (χ4v) is 1.86. The third-order valence-electron chi connectivity index (χ3n) is 1.33. The molecule has 1 amide bonds. The van der Waals surface area contributed by atoms with E-state index >= 15 is 0 Å². The third-order valence-corrected chi connectivity index (χ3v) is 2.31. The molecule has 1 aliphatic rings. The van der Waals surface area contributed by atoms with E-state index in [2.05, 4.69) is 5.92 Å². The molecule has 0 radical (unpaired) electrons. The van der Waals surface area contributed by atoms with Crippen molar-refractivity contribution >= 4 is 17.7 Å². The van der Waals surface area contributed by atoms with E-state index in [1.807, 2.05) is 0 Å². The van der Waals surface area contributed by atoms with Crippen molar-refractivity contribution in [3.8, 4) is 12.3 Å². The zero-order valence-corrected chi connectivity index (χ0v) is 6.20. The van der Waals surface area contributed by atoms with E-state index in [9.17, 15) is 4.79 Å². The Morgan fingerprint density at radius 1 is 1.70 bits per heavy atom. The zero-order chi connectivity index (χ0) is 7.56. The SMILES string of the molecule is C#CC1=C(C(N)=O)CSC1. The molecule has 1 rings (SSSR count). The maximum absolute atomic E-state index is 10.6. The summed E-state index contributed by atoms with van der Waals surface area (Å²) in [6.07, 6.45) is 5.13. The van der Waals surface area contributed by atoms with Gasteiger partial charge in [-0.05, 0) is 0 Å². The fraction of sp³-hybridized carbons (Fsp3) is 0.286. The standard InChI is InChI=1S/C7H7NOS/c1-2-5-3-10-4-6(5)7(8)9/h1H,3-4H2,(H2,8,9). The van der Waals surface area contributed by atoms with Crippen molar-refractivity contribution in [3.63, 3.8) is 0 Å². The second kappa shape index (κ2) is 2.80. The largest absolute Gasteiger partial charge is 0.366 e. The van der Waals surface area contributed by atoms with Gasteiger partial charge in [0.05, 0.1) is 0 Å². The van der Waals surface area contributed by atoms with Crippen LogP contribution in [0.2, 0.25) is 0 Å². The Kier molecular flexibility index (Phi) is 2.03. The molecular weight excluding hydrogens is 146 g/mol. The van der Waals surface area contributed by atoms with Crippen molar-refractivity contribution in [2.24, 2.45) is 5.73 Å². The summed E-state index contributed by atoms with van der Waals surface area (Å²) in [6.45, 7) is 0. The number of hydrogen-bond donors (Lipinski definition) is 1. The molecule has 0 aromatic rings. The Morgan fingerprint density at radius 3 is 2.80 bits per heavy atom. The topological polar surface area (TPSA) is 43.1 Å². The summed E-state index contributed by atoms with van der Waals surface area (Å²) in [7, 11) is 0. The van der Waals surface area contributed by atoms with Gasteiger partial charge in [-0.2, -0.15) is 11.8 Å². The molecule has 2 N–H and O–H groups in total. The van der Waals surface area contributed by atoms with Gasteiger partial charge in [-0.3, -0.25) is 4.79 Å². The van der Waals surface area contributed by atoms with Crippen LogP contribution in [0.3, 0.4) is 0 Å². The van der Waals surface area contributed by atoms with Crippen molar-refractivity contribution in [1.82, 2.24) is 0 Å². The van der Waals surface area contributed by atoms with Crippen LogP contribution >= 0.6 is 11.8 Å². The Morgan fingerprint density at radius 2 is 2.40 bits per heavy atom. The van der Waals surface area contributed by atoms with Crippen LogP contribution in [-0.2, 0) is 4.79 Å². The number of amides is 1. The van der Waals surface area contributed by atoms with E-state index in [1.54, 1.807) is 11.8 Å². The summed E-state index contributed by atoms with van der Waals surface area (Å²) in [5, 5.41) is 0. The van der Waals surface area contributed by atoms with Gasteiger partial charge in [-0.1, -0.05) is 5.92 Å². The van der Waals surface area contributed by atoms with Gasteiger partial charge in [-0.25, -0.2) is 0 Å². The number of nitrogens with two attached hydrogens (primary N) is 1. The fourth-order valence-electron chi connectivity index (χ4n) is 0.778. The molecule has 0 saturated heterocycles. The second-order valence-electron chi connectivity index (χ2n) is 1.96. The number of primary amides is 1. The Balaban J connectivity index is 2.91. The molecule has 0 aromatic carbocycles. The number of carbonyl (C=O) groups excluding carboxylic acids is 1. The maximum Gasteiger partial charge on any atom is 0.246 e. The van der Waals surface area contributed by atoms with Crippen molar-refractivity contribution in [2.45, 2.75) is 0 Å². The lowest BCUT2D eigenvalue weighted by Crippen LogP contribution is -2.15. The van der Waals surface area contributed by atoms with Gasteiger partial charge in [-0.15, -0.1) is 6.42 Å². The van der Waals surface area contributed by atoms with Crippen LogP contribution in [0.4, 0.5) is 0 Å². The predicted molar refractivity (Wildman–Crippen MR) is 42.4 cm³/mol. The summed E-state index contributed by atoms with van der Waals surface area (Å²) in [4.78, 5) is 10.6. The molecule has 0 saturated carbocycles. The predicted octanol–water partition coefficient (Wildman–Crippen LogP) is 0.148. The monoisotopic (exact) mass is 153 g/mol. The number of hydrogen-bond acceptors (Lipinski definition) is 2. The lowest BCUT2D eigenvalue weighted by atomic mass is 10.1. The minimum atomic E-state index is -0.377. The molecule has 0 spiro atoms. The van der Waals surface area contributed by atoms with Crippen molar-refractivity contribution in [3.05, 3.63) is 11.1 Å². The van der Waals surface area contributed by atoms with Gasteiger partial charge < -0.3 is 5.73 Å². The minimum absolute atomic E-state index is 0.377. The number of thioether (sulfide) groups is 1. The highest BCUT2D eigenvalue weighted by Crippen LogP contribution is 2.23. The van der Waals surface area contributed by atoms with Gasteiger partial charge in [0.25, 0.3) is 0 Å². The normalized spacial score (nSPS) is 17.1. The van der Waals surface area contributed by atoms with Crippen molar-refractivity contribution in [1.29, 1.82) is 0 Å². The first-order valence-electron chi connectivity index (χ1n) is 2.82. The first-order valence-corrected chi connectivity index (χ1v) is 3.97. The van der Waals surface area contributed by atoms with Crippen LogP contribution in [-0.4, -0.2) is 17.4 Å². The number of terminal acetylenes is 1. The molecule has 1 aliphatic heterocycles. The summed E-state index contributed by atoms with van der Waals surface area (Å²) in [5.41, 5.74) is 6.44. The van der Waals surface area contributed by atoms with Crippen LogP contribution in [0, 0.1) is 12.3 Å². The Hall–Kier alpha value is -0.880. The Bertz CT molecular complexity index is 236. The summed E-state index contributed by atoms with van der Waals surface area (Å²) in [5.74, 6) is 3.51. The van der Waals surface area contributed by atoms with E-state index in [4.69, 9.17) is 12.2 Å². The average molecular weight is 153 g/mol. The summed E-state index contributed by atoms with van der Waals surface area (Å²) >= 11 is 1.63. The molecule has 0 aliphatic carbocycles. The Labute approximate surface area is 63.9 Å². The van der Waals surface area contributed by atoms with Gasteiger partial charge in [0.1, 0.15) is 0 Å². The van der Waals surface area contributed by atoms with E-state index in [0.717, 1.165) is 11.3 Å². The smallest absolute Gasteiger partial charge is 0.246 e. The van der Waals surface area contributed by atoms with E-state index < -0.39 is 0 Å². The van der Waals surface area contributed by atoms with Crippen LogP contribution in [0.5, 0.6) is 0 Å². The molecule has 0 fully saturated rings. The highest BCUT2D eigenvalue weighted by molar-refractivity contribution is 8.00. The second-order valence-corrected chi connectivity index (χ2v) is 2.94. The van der Waals surface area contributed by atoms with Crippen LogP contribution in [0.1, 0.15) is 0 Å². The molecule has 1 heterocycles. The molecule has 52 valence electrons. The maximum atomic E-state index is 10.6. The van der Waals surface area contributed by atoms with Gasteiger partial charge >= 0.3 is 0 Å². The van der Waals surface area contributed by atoms with Crippen molar-refractivity contribution < 1.29 is 4.79 Å². The lowest BCUT2D eigenvalue weighted by molar-refractivity contribution is -0.114. The van der Waals surface area contributed by atoms with Crippen LogP contribution in [0.15, 0.2) is 11.1 Å². The minimum Gasteiger partial charge on any atom is -0.366 e. The van der Waals surface area contributed by atoms with E-state index in [1.165, 1.54) is 0 Å². The molecule has 0 aromatic heterocycles. The average Bonchev–Trinajstić information content (AvgIpc) is 2.33. The van der Waals surface area contributed by atoms with Gasteiger partial charge in [0, 0.05) is 22.7 Å². The van der Waals surface area contributed by atoms with Gasteiger partial charge in [0.2, 0.25) is 5.91 Å². The first kappa shape index (κ1) is 7.23. The number of rotatable bonds is 1. The zero-order valence-electron chi connectivity index (χ0n) is 5.39. The summed E-state index contributed by atoms with van der Waals surface area (Å²) in [6, 6.07) is 0. The molecule has 10 heavy (non-hydrogen) atoms. The lowest BCUT2D eigenvalue weighted by Gasteiger charge is -1.92. The van der Waals surface area contributed by atoms with Gasteiger partial charge in [0.15, 0.2) is 0 Å². The van der Waals surface area contributed by atoms with Crippen molar-refractivity contribution in [2.75, 3.05) is 11.5 Å². The highest BCUT2D eigenvalue weighted by Gasteiger charge is 2.16. The van der Waals surface area contributed by atoms with Crippen LogP contribution in [0.25, 0.3) is 0 Å². The molecule has 0 bridgehead atoms. The molecule has 0 unspecified atom stereocenters. The quantitative estimate of drug-likeness (QED) is 0.545. The first-order chi connectivity index (χ1) is 4.75. The van der Waals surface area contributed by atoms with Crippen LogP contribution < -0.4 is 5.73 Å². The number of carbonyl (C=O) groups is 1. The summed E-state index contributed by atoms with van der Waals surface area (Å²) < 4.78 is 0. The van der Waals surface area contributed by atoms with E-state index in [-0.39, 0.29) is 5.91 Å². The highest BCUT2D eigenvalue weighted by atomic mass is 32.2. The molecule has 0 atom stereocenters. The third kappa shape index (κ3) is 1.17.